The van der Waals surface area contributed by atoms with Crippen LogP contribution in [-0.4, -0.2) is 48.7 Å². The first-order valence-corrected chi connectivity index (χ1v) is 7.34. The lowest BCUT2D eigenvalue weighted by molar-refractivity contribution is -0.183. The van der Waals surface area contributed by atoms with E-state index >= 15 is 0 Å². The van der Waals surface area contributed by atoms with Gasteiger partial charge in [-0.25, -0.2) is 4.79 Å². The third kappa shape index (κ3) is 3.22. The molecule has 0 amide bonds. The topological polar surface area (TPSA) is 65.0 Å². The lowest BCUT2D eigenvalue weighted by atomic mass is 9.86. The van der Waals surface area contributed by atoms with Gasteiger partial charge in [0.1, 0.15) is 5.60 Å². The standard InChI is InChI=1S/C15H24O5/c1-3-4-11-5-7-13-15(10-16,20-11)9-12(19-13)6-8-14(17)18-2/h6,8,11-13,16H,3-5,7,9-10H2,1-2H3/b8-6+/t11-,12-,13-,15+/m0/s1. The van der Waals surface area contributed by atoms with Crippen molar-refractivity contribution in [2.45, 2.75) is 62.9 Å². The smallest absolute Gasteiger partial charge is 0.330 e. The number of hydrogen-bond donors (Lipinski definition) is 1. The van der Waals surface area contributed by atoms with Crippen LogP contribution in [0, 0.1) is 0 Å². The van der Waals surface area contributed by atoms with Crippen LogP contribution in [0.5, 0.6) is 0 Å². The second kappa shape index (κ2) is 6.70. The van der Waals surface area contributed by atoms with Gasteiger partial charge in [0.25, 0.3) is 0 Å². The summed E-state index contributed by atoms with van der Waals surface area (Å²) in [6.45, 7) is 2.09. The molecule has 0 spiro atoms. The normalized spacial score (nSPS) is 37.0. The Hall–Kier alpha value is -0.910. The minimum absolute atomic E-state index is 0.0412. The van der Waals surface area contributed by atoms with Gasteiger partial charge in [-0.2, -0.15) is 0 Å². The van der Waals surface area contributed by atoms with Gasteiger partial charge in [0.15, 0.2) is 0 Å². The van der Waals surface area contributed by atoms with Crippen molar-refractivity contribution in [1.82, 2.24) is 0 Å². The Kier molecular flexibility index (Phi) is 5.18. The van der Waals surface area contributed by atoms with Gasteiger partial charge in [0.05, 0.1) is 32.0 Å². The first kappa shape index (κ1) is 15.5. The minimum atomic E-state index is -0.608. The van der Waals surface area contributed by atoms with Crippen LogP contribution in [-0.2, 0) is 19.0 Å². The van der Waals surface area contributed by atoms with E-state index in [4.69, 9.17) is 9.47 Å². The molecule has 0 aromatic carbocycles. The molecule has 5 nitrogen and oxygen atoms in total. The number of carbonyl (C=O) groups is 1. The highest BCUT2D eigenvalue weighted by Crippen LogP contribution is 2.42. The average molecular weight is 284 g/mol. The fourth-order valence-electron chi connectivity index (χ4n) is 3.13. The van der Waals surface area contributed by atoms with E-state index < -0.39 is 11.6 Å². The van der Waals surface area contributed by atoms with Crippen LogP contribution in [0.15, 0.2) is 12.2 Å². The predicted molar refractivity (Wildman–Crippen MR) is 73.3 cm³/mol. The first-order valence-electron chi connectivity index (χ1n) is 7.34. The second-order valence-corrected chi connectivity index (χ2v) is 5.58. The molecule has 2 heterocycles. The van der Waals surface area contributed by atoms with Gasteiger partial charge >= 0.3 is 5.97 Å². The summed E-state index contributed by atoms with van der Waals surface area (Å²) in [7, 11) is 1.34. The molecule has 5 heteroatoms. The Morgan fingerprint density at radius 3 is 2.95 bits per heavy atom. The molecule has 4 atom stereocenters. The third-order valence-corrected chi connectivity index (χ3v) is 4.15. The molecule has 114 valence electrons. The van der Waals surface area contributed by atoms with Crippen LogP contribution in [0.4, 0.5) is 0 Å². The van der Waals surface area contributed by atoms with Crippen molar-refractivity contribution in [2.75, 3.05) is 13.7 Å². The maximum absolute atomic E-state index is 11.1. The summed E-state index contributed by atoms with van der Waals surface area (Å²) in [4.78, 5) is 11.1. The summed E-state index contributed by atoms with van der Waals surface area (Å²) in [5.74, 6) is -0.397. The summed E-state index contributed by atoms with van der Waals surface area (Å²) >= 11 is 0. The quantitative estimate of drug-likeness (QED) is 0.613. The molecular formula is C15H24O5. The van der Waals surface area contributed by atoms with E-state index in [0.29, 0.717) is 6.42 Å². The molecule has 20 heavy (non-hydrogen) atoms. The van der Waals surface area contributed by atoms with Gasteiger partial charge in [0.2, 0.25) is 0 Å². The van der Waals surface area contributed by atoms with E-state index in [-0.39, 0.29) is 24.9 Å². The Morgan fingerprint density at radius 1 is 1.50 bits per heavy atom. The van der Waals surface area contributed by atoms with Crippen molar-refractivity contribution in [2.24, 2.45) is 0 Å². The molecule has 0 saturated carbocycles. The van der Waals surface area contributed by atoms with Gasteiger partial charge in [0, 0.05) is 12.5 Å². The predicted octanol–water partition coefficient (Wildman–Crippen LogP) is 1.58. The van der Waals surface area contributed by atoms with Crippen molar-refractivity contribution in [3.63, 3.8) is 0 Å². The van der Waals surface area contributed by atoms with Crippen LogP contribution < -0.4 is 0 Å². The molecular weight excluding hydrogens is 260 g/mol. The minimum Gasteiger partial charge on any atom is -0.466 e. The third-order valence-electron chi connectivity index (χ3n) is 4.15. The van der Waals surface area contributed by atoms with Crippen LogP contribution in [0.2, 0.25) is 0 Å². The van der Waals surface area contributed by atoms with Crippen molar-refractivity contribution >= 4 is 5.97 Å². The zero-order chi connectivity index (χ0) is 14.6. The lowest BCUT2D eigenvalue weighted by Crippen LogP contribution is -2.51. The number of aliphatic hydroxyl groups is 1. The Labute approximate surface area is 119 Å². The van der Waals surface area contributed by atoms with E-state index in [1.165, 1.54) is 13.2 Å². The van der Waals surface area contributed by atoms with Crippen LogP contribution in [0.3, 0.4) is 0 Å². The zero-order valence-corrected chi connectivity index (χ0v) is 12.2. The van der Waals surface area contributed by atoms with Gasteiger partial charge in [-0.15, -0.1) is 0 Å². The van der Waals surface area contributed by atoms with Crippen LogP contribution >= 0.6 is 0 Å². The Morgan fingerprint density at radius 2 is 2.30 bits per heavy atom. The van der Waals surface area contributed by atoms with Gasteiger partial charge in [-0.05, 0) is 25.3 Å². The summed E-state index contributed by atoms with van der Waals surface area (Å²) in [5.41, 5.74) is -0.608. The molecule has 2 fully saturated rings. The molecule has 0 aromatic heterocycles. The molecule has 0 unspecified atom stereocenters. The first-order chi connectivity index (χ1) is 9.63. The van der Waals surface area contributed by atoms with Gasteiger partial charge in [-0.3, -0.25) is 0 Å². The van der Waals surface area contributed by atoms with Crippen LogP contribution in [0.25, 0.3) is 0 Å². The number of esters is 1. The van der Waals surface area contributed by atoms with Crippen molar-refractivity contribution in [1.29, 1.82) is 0 Å². The number of ether oxygens (including phenoxy) is 3. The van der Waals surface area contributed by atoms with E-state index in [2.05, 4.69) is 11.7 Å². The SMILES string of the molecule is CCC[C@H]1CC[C@@H]2O[C@@H](/C=C/C(=O)OC)C[C@]2(CO)O1. The maximum Gasteiger partial charge on any atom is 0.330 e. The van der Waals surface area contributed by atoms with Crippen LogP contribution in [0.1, 0.15) is 39.0 Å². The molecule has 0 radical (unpaired) electrons. The highest BCUT2D eigenvalue weighted by atomic mass is 16.6. The van der Waals surface area contributed by atoms with Gasteiger partial charge in [-0.1, -0.05) is 13.3 Å². The molecule has 1 N–H and O–H groups in total. The fraction of sp³-hybridized carbons (Fsp3) is 0.800. The number of carbonyl (C=O) groups excluding carboxylic acids is 1. The largest absolute Gasteiger partial charge is 0.466 e. The zero-order valence-electron chi connectivity index (χ0n) is 12.2. The molecule has 2 saturated heterocycles. The summed E-state index contributed by atoms with van der Waals surface area (Å²) in [6.07, 6.45) is 7.51. The molecule has 2 aliphatic rings. The summed E-state index contributed by atoms with van der Waals surface area (Å²) in [6, 6.07) is 0. The van der Waals surface area contributed by atoms with E-state index in [1.807, 2.05) is 0 Å². The Bertz CT molecular complexity index is 367. The molecule has 0 bridgehead atoms. The van der Waals surface area contributed by atoms with Gasteiger partial charge < -0.3 is 19.3 Å². The Balaban J connectivity index is 2.01. The molecule has 2 rings (SSSR count). The fourth-order valence-corrected chi connectivity index (χ4v) is 3.13. The van der Waals surface area contributed by atoms with E-state index in [0.717, 1.165) is 25.7 Å². The number of rotatable bonds is 5. The number of hydrogen-bond acceptors (Lipinski definition) is 5. The van der Waals surface area contributed by atoms with E-state index in [1.54, 1.807) is 6.08 Å². The summed E-state index contributed by atoms with van der Waals surface area (Å²) in [5, 5.41) is 9.76. The number of fused-ring (bicyclic) bond motifs is 1. The maximum atomic E-state index is 11.1. The number of methoxy groups -OCH3 is 1. The lowest BCUT2D eigenvalue weighted by Gasteiger charge is -2.40. The van der Waals surface area contributed by atoms with Crippen molar-refractivity contribution in [3.05, 3.63) is 12.2 Å². The van der Waals surface area contributed by atoms with Crippen molar-refractivity contribution < 1.29 is 24.1 Å². The second-order valence-electron chi connectivity index (χ2n) is 5.58. The summed E-state index contributed by atoms with van der Waals surface area (Å²) < 4.78 is 16.6. The molecule has 0 aliphatic carbocycles. The highest BCUT2D eigenvalue weighted by Gasteiger charge is 2.52. The average Bonchev–Trinajstić information content (AvgIpc) is 2.83. The molecule has 0 aromatic rings. The number of aliphatic hydroxyl groups excluding tert-OH is 1. The van der Waals surface area contributed by atoms with E-state index in [9.17, 15) is 9.90 Å². The highest BCUT2D eigenvalue weighted by molar-refractivity contribution is 5.81. The van der Waals surface area contributed by atoms with Crippen molar-refractivity contribution in [3.8, 4) is 0 Å². The molecule has 2 aliphatic heterocycles. The monoisotopic (exact) mass is 284 g/mol.